The number of hydrogen-bond donors (Lipinski definition) is 1. The van der Waals surface area contributed by atoms with E-state index in [2.05, 4.69) is 41.1 Å². The van der Waals surface area contributed by atoms with Crippen LogP contribution in [0, 0.1) is 0 Å². The third-order valence-corrected chi connectivity index (χ3v) is 3.90. The monoisotopic (exact) mass is 286 g/mol. The molecule has 20 heavy (non-hydrogen) atoms. The molecule has 0 saturated heterocycles. The smallest absolute Gasteiger partial charge is 0.277 e. The fraction of sp³-hybridized carbons (Fsp3) is 0.214. The summed E-state index contributed by atoms with van der Waals surface area (Å²) in [6.07, 6.45) is 0. The van der Waals surface area contributed by atoms with Crippen LogP contribution in [0.3, 0.4) is 0 Å². The van der Waals surface area contributed by atoms with Crippen molar-refractivity contribution in [2.24, 2.45) is 0 Å². The van der Waals surface area contributed by atoms with Crippen molar-refractivity contribution in [2.45, 2.75) is 19.3 Å². The topological polar surface area (TPSA) is 77.8 Å². The molecule has 0 amide bonds. The summed E-state index contributed by atoms with van der Waals surface area (Å²) in [4.78, 5) is 8.60. The van der Waals surface area contributed by atoms with E-state index < -0.39 is 0 Å². The van der Waals surface area contributed by atoms with Crippen LogP contribution in [0.15, 0.2) is 40.2 Å². The Kier molecular flexibility index (Phi) is 3.02. The van der Waals surface area contributed by atoms with Crippen molar-refractivity contribution >= 4 is 16.5 Å². The first-order valence-electron chi connectivity index (χ1n) is 6.18. The van der Waals surface area contributed by atoms with Crippen LogP contribution in [0.2, 0.25) is 0 Å². The van der Waals surface area contributed by atoms with Gasteiger partial charge in [-0.3, -0.25) is 0 Å². The number of nitrogens with zero attached hydrogens (tertiary/aromatic N) is 3. The highest BCUT2D eigenvalue weighted by Crippen LogP contribution is 2.31. The zero-order valence-electron chi connectivity index (χ0n) is 11.2. The number of hydrogen-bond acceptors (Lipinski definition) is 6. The van der Waals surface area contributed by atoms with E-state index in [0.29, 0.717) is 22.5 Å². The molecule has 0 saturated carbocycles. The molecule has 2 heterocycles. The minimum Gasteiger partial charge on any atom is -0.375 e. The number of thiazole rings is 1. The van der Waals surface area contributed by atoms with E-state index in [1.807, 2.05) is 23.6 Å². The van der Waals surface area contributed by atoms with Gasteiger partial charge in [0.15, 0.2) is 11.0 Å². The molecular formula is C14H14N4OS. The van der Waals surface area contributed by atoms with Crippen LogP contribution in [0.5, 0.6) is 0 Å². The second-order valence-corrected chi connectivity index (χ2v) is 5.87. The van der Waals surface area contributed by atoms with Gasteiger partial charge in [-0.25, -0.2) is 4.98 Å². The molecule has 102 valence electrons. The minimum absolute atomic E-state index is 0.329. The summed E-state index contributed by atoms with van der Waals surface area (Å²) in [7, 11) is 0. The van der Waals surface area contributed by atoms with Gasteiger partial charge in [0, 0.05) is 5.38 Å². The zero-order chi connectivity index (χ0) is 14.2. The minimum atomic E-state index is -0.329. The molecule has 0 aliphatic heterocycles. The third kappa shape index (κ3) is 2.18. The summed E-state index contributed by atoms with van der Waals surface area (Å²) in [6, 6.07) is 10.1. The molecule has 0 fully saturated rings. The van der Waals surface area contributed by atoms with E-state index in [-0.39, 0.29) is 5.41 Å². The molecule has 0 aliphatic rings. The molecule has 1 aromatic carbocycles. The van der Waals surface area contributed by atoms with E-state index in [0.717, 1.165) is 5.56 Å². The normalized spacial score (nSPS) is 11.7. The lowest BCUT2D eigenvalue weighted by molar-refractivity contribution is 0.407. The Morgan fingerprint density at radius 3 is 2.55 bits per heavy atom. The van der Waals surface area contributed by atoms with Crippen LogP contribution < -0.4 is 5.73 Å². The lowest BCUT2D eigenvalue weighted by atomic mass is 9.84. The summed E-state index contributed by atoms with van der Waals surface area (Å²) in [6.45, 7) is 4.12. The number of nitrogens with two attached hydrogens (primary N) is 1. The maximum Gasteiger partial charge on any atom is 0.277 e. The highest BCUT2D eigenvalue weighted by molar-refractivity contribution is 7.13. The summed E-state index contributed by atoms with van der Waals surface area (Å²) >= 11 is 1.35. The molecule has 6 heteroatoms. The van der Waals surface area contributed by atoms with Gasteiger partial charge in [0.25, 0.3) is 5.89 Å². The van der Waals surface area contributed by atoms with Crippen molar-refractivity contribution < 1.29 is 4.52 Å². The van der Waals surface area contributed by atoms with Crippen molar-refractivity contribution in [1.82, 2.24) is 15.1 Å². The summed E-state index contributed by atoms with van der Waals surface area (Å²) in [5.74, 6) is 1.03. The van der Waals surface area contributed by atoms with Crippen LogP contribution in [0.25, 0.3) is 11.6 Å². The maximum absolute atomic E-state index is 5.62. The Morgan fingerprint density at radius 1 is 1.15 bits per heavy atom. The predicted molar refractivity (Wildman–Crippen MR) is 78.4 cm³/mol. The van der Waals surface area contributed by atoms with E-state index in [9.17, 15) is 0 Å². The summed E-state index contributed by atoms with van der Waals surface area (Å²) < 4.78 is 5.30. The van der Waals surface area contributed by atoms with Gasteiger partial charge >= 0.3 is 0 Å². The lowest BCUT2D eigenvalue weighted by Gasteiger charge is -2.20. The molecule has 2 aromatic heterocycles. The highest BCUT2D eigenvalue weighted by Gasteiger charge is 2.29. The highest BCUT2D eigenvalue weighted by atomic mass is 32.1. The molecule has 0 spiro atoms. The molecular weight excluding hydrogens is 272 g/mol. The van der Waals surface area contributed by atoms with Crippen molar-refractivity contribution in [1.29, 1.82) is 0 Å². The number of aromatic nitrogens is 3. The number of nitrogen functional groups attached to an aromatic ring is 1. The molecule has 2 N–H and O–H groups in total. The standard InChI is InChI=1S/C14H14N4OS/c1-14(2,9-6-4-3-5-7-9)12-17-11(19-18-12)10-8-20-13(15)16-10/h3-8H,1-2H3,(H2,15,16). The van der Waals surface area contributed by atoms with Gasteiger partial charge in [0.2, 0.25) is 0 Å². The molecule has 0 aliphatic carbocycles. The number of anilines is 1. The number of rotatable bonds is 3. The predicted octanol–water partition coefficient (Wildman–Crippen LogP) is 3.10. The SMILES string of the molecule is CC(C)(c1ccccc1)c1noc(-c2csc(N)n2)n1. The van der Waals surface area contributed by atoms with Gasteiger partial charge in [0.1, 0.15) is 5.69 Å². The van der Waals surface area contributed by atoms with Crippen LogP contribution in [-0.4, -0.2) is 15.1 Å². The van der Waals surface area contributed by atoms with Gasteiger partial charge in [-0.2, -0.15) is 4.98 Å². The Morgan fingerprint density at radius 2 is 1.90 bits per heavy atom. The van der Waals surface area contributed by atoms with Crippen LogP contribution in [0.1, 0.15) is 25.2 Å². The largest absolute Gasteiger partial charge is 0.375 e. The second-order valence-electron chi connectivity index (χ2n) is 4.99. The Bertz CT molecular complexity index is 718. The molecule has 0 bridgehead atoms. The van der Waals surface area contributed by atoms with Gasteiger partial charge in [-0.05, 0) is 19.4 Å². The Hall–Kier alpha value is -2.21. The third-order valence-electron chi connectivity index (χ3n) is 3.22. The first kappa shape index (κ1) is 12.8. The molecule has 0 unspecified atom stereocenters. The van der Waals surface area contributed by atoms with Crippen LogP contribution in [-0.2, 0) is 5.41 Å². The summed E-state index contributed by atoms with van der Waals surface area (Å²) in [5, 5.41) is 6.38. The quantitative estimate of drug-likeness (QED) is 0.800. The van der Waals surface area contributed by atoms with Crippen molar-refractivity contribution in [3.63, 3.8) is 0 Å². The fourth-order valence-corrected chi connectivity index (χ4v) is 2.49. The van der Waals surface area contributed by atoms with Crippen LogP contribution in [0.4, 0.5) is 5.13 Å². The van der Waals surface area contributed by atoms with Gasteiger partial charge < -0.3 is 10.3 Å². The fourth-order valence-electron chi connectivity index (χ4n) is 1.95. The average molecular weight is 286 g/mol. The Balaban J connectivity index is 1.97. The van der Waals surface area contributed by atoms with E-state index in [4.69, 9.17) is 10.3 Å². The number of benzene rings is 1. The molecule has 3 aromatic rings. The van der Waals surface area contributed by atoms with Gasteiger partial charge in [-0.1, -0.05) is 35.5 Å². The second kappa shape index (κ2) is 4.72. The average Bonchev–Trinajstić information content (AvgIpc) is 3.08. The zero-order valence-corrected chi connectivity index (χ0v) is 12.0. The lowest BCUT2D eigenvalue weighted by Crippen LogP contribution is -2.20. The van der Waals surface area contributed by atoms with Crippen molar-refractivity contribution in [3.05, 3.63) is 47.1 Å². The summed E-state index contributed by atoms with van der Waals surface area (Å²) in [5.41, 5.74) is 7.04. The van der Waals surface area contributed by atoms with E-state index in [1.165, 1.54) is 11.3 Å². The van der Waals surface area contributed by atoms with Gasteiger partial charge in [-0.15, -0.1) is 11.3 Å². The Labute approximate surface area is 120 Å². The first-order chi connectivity index (χ1) is 9.57. The molecule has 0 radical (unpaired) electrons. The molecule has 0 atom stereocenters. The molecule has 3 rings (SSSR count). The maximum atomic E-state index is 5.62. The first-order valence-corrected chi connectivity index (χ1v) is 7.06. The van der Waals surface area contributed by atoms with Crippen molar-refractivity contribution in [2.75, 3.05) is 5.73 Å². The van der Waals surface area contributed by atoms with Crippen molar-refractivity contribution in [3.8, 4) is 11.6 Å². The van der Waals surface area contributed by atoms with E-state index >= 15 is 0 Å². The molecule has 5 nitrogen and oxygen atoms in total. The van der Waals surface area contributed by atoms with Crippen LogP contribution >= 0.6 is 11.3 Å². The van der Waals surface area contributed by atoms with Gasteiger partial charge in [0.05, 0.1) is 5.41 Å². The van der Waals surface area contributed by atoms with E-state index in [1.54, 1.807) is 0 Å².